The molecule has 0 spiro atoms. The van der Waals surface area contributed by atoms with Gasteiger partial charge in [-0.25, -0.2) is 0 Å². The molecule has 0 radical (unpaired) electrons. The van der Waals surface area contributed by atoms with E-state index in [9.17, 15) is 0 Å². The standard InChI is InChI=1S/C15H18ClN/c1-10-7-11(3-6-15(10)16)12-8-13-4-5-14(9-12)17(13)2/h3,6-8,13-14H,4-5,9H2,1-2H3. The van der Waals surface area contributed by atoms with Crippen molar-refractivity contribution >= 4 is 17.2 Å². The summed E-state index contributed by atoms with van der Waals surface area (Å²) in [4.78, 5) is 2.52. The molecular weight excluding hydrogens is 230 g/mol. The van der Waals surface area contributed by atoms with E-state index in [4.69, 9.17) is 11.6 Å². The van der Waals surface area contributed by atoms with Crippen LogP contribution in [-0.2, 0) is 0 Å². The van der Waals surface area contributed by atoms with Gasteiger partial charge in [-0.1, -0.05) is 29.8 Å². The number of halogens is 1. The summed E-state index contributed by atoms with van der Waals surface area (Å²) >= 11 is 6.08. The lowest BCUT2D eigenvalue weighted by Crippen LogP contribution is -2.34. The Hall–Kier alpha value is -0.790. The SMILES string of the molecule is Cc1cc(C2=CC3CCC(C2)N3C)ccc1Cl. The van der Waals surface area contributed by atoms with Gasteiger partial charge in [-0.15, -0.1) is 0 Å². The highest BCUT2D eigenvalue weighted by Gasteiger charge is 2.33. The molecule has 2 bridgehead atoms. The highest BCUT2D eigenvalue weighted by molar-refractivity contribution is 6.31. The molecule has 17 heavy (non-hydrogen) atoms. The Morgan fingerprint density at radius 1 is 1.29 bits per heavy atom. The van der Waals surface area contributed by atoms with Crippen molar-refractivity contribution in [3.63, 3.8) is 0 Å². The summed E-state index contributed by atoms with van der Waals surface area (Å²) in [5, 5.41) is 0.866. The topological polar surface area (TPSA) is 3.24 Å². The van der Waals surface area contributed by atoms with E-state index in [1.54, 1.807) is 0 Å². The fraction of sp³-hybridized carbons (Fsp3) is 0.467. The lowest BCUT2D eigenvalue weighted by molar-refractivity contribution is 0.264. The minimum atomic E-state index is 0.653. The molecule has 3 rings (SSSR count). The molecule has 2 atom stereocenters. The van der Waals surface area contributed by atoms with Gasteiger partial charge in [0.15, 0.2) is 0 Å². The molecule has 2 aliphatic heterocycles. The Bertz CT molecular complexity index is 478. The average Bonchev–Trinajstić information content (AvgIpc) is 2.55. The summed E-state index contributed by atoms with van der Waals surface area (Å²) in [6.45, 7) is 2.08. The summed E-state index contributed by atoms with van der Waals surface area (Å²) in [6, 6.07) is 7.80. The van der Waals surface area contributed by atoms with Crippen LogP contribution in [0.5, 0.6) is 0 Å². The van der Waals surface area contributed by atoms with Crippen molar-refractivity contribution in [2.75, 3.05) is 7.05 Å². The molecule has 0 aliphatic carbocycles. The molecule has 1 fully saturated rings. The van der Waals surface area contributed by atoms with Crippen LogP contribution in [0.25, 0.3) is 5.57 Å². The molecule has 1 aromatic rings. The van der Waals surface area contributed by atoms with E-state index in [0.717, 1.165) is 11.1 Å². The van der Waals surface area contributed by atoms with Gasteiger partial charge >= 0.3 is 0 Å². The van der Waals surface area contributed by atoms with E-state index in [1.165, 1.54) is 36.0 Å². The van der Waals surface area contributed by atoms with Gasteiger partial charge in [0.1, 0.15) is 0 Å². The highest BCUT2D eigenvalue weighted by Crippen LogP contribution is 2.37. The normalized spacial score (nSPS) is 28.3. The summed E-state index contributed by atoms with van der Waals surface area (Å²) in [6.07, 6.45) is 6.30. The van der Waals surface area contributed by atoms with Crippen molar-refractivity contribution < 1.29 is 0 Å². The number of fused-ring (bicyclic) bond motifs is 2. The average molecular weight is 248 g/mol. The lowest BCUT2D eigenvalue weighted by atomic mass is 9.94. The smallest absolute Gasteiger partial charge is 0.0435 e. The number of rotatable bonds is 1. The van der Waals surface area contributed by atoms with Crippen LogP contribution in [0.15, 0.2) is 24.3 Å². The van der Waals surface area contributed by atoms with Crippen LogP contribution in [0, 0.1) is 6.92 Å². The van der Waals surface area contributed by atoms with E-state index >= 15 is 0 Å². The molecule has 0 saturated carbocycles. The van der Waals surface area contributed by atoms with Crippen molar-refractivity contribution in [1.82, 2.24) is 4.90 Å². The summed E-state index contributed by atoms with van der Waals surface area (Å²) in [7, 11) is 2.25. The van der Waals surface area contributed by atoms with Gasteiger partial charge in [-0.3, -0.25) is 4.90 Å². The maximum atomic E-state index is 6.08. The first-order chi connectivity index (χ1) is 8.15. The van der Waals surface area contributed by atoms with Crippen LogP contribution in [0.3, 0.4) is 0 Å². The predicted octanol–water partition coefficient (Wildman–Crippen LogP) is 3.90. The molecule has 2 heterocycles. The minimum Gasteiger partial charge on any atom is -0.297 e. The van der Waals surface area contributed by atoms with Crippen LogP contribution in [0.1, 0.15) is 30.4 Å². The Morgan fingerprint density at radius 2 is 2.12 bits per heavy atom. The zero-order valence-electron chi connectivity index (χ0n) is 10.4. The van der Waals surface area contributed by atoms with Crippen molar-refractivity contribution in [3.05, 3.63) is 40.4 Å². The Kier molecular flexibility index (Phi) is 2.76. The number of aryl methyl sites for hydroxylation is 1. The van der Waals surface area contributed by atoms with Crippen LogP contribution < -0.4 is 0 Å². The van der Waals surface area contributed by atoms with Crippen molar-refractivity contribution in [3.8, 4) is 0 Å². The molecular formula is C15H18ClN. The van der Waals surface area contributed by atoms with Crippen LogP contribution in [0.2, 0.25) is 5.02 Å². The van der Waals surface area contributed by atoms with E-state index in [1.807, 2.05) is 6.07 Å². The molecule has 2 heteroatoms. The Morgan fingerprint density at radius 3 is 2.82 bits per heavy atom. The monoisotopic (exact) mass is 247 g/mol. The number of nitrogens with zero attached hydrogens (tertiary/aromatic N) is 1. The molecule has 0 N–H and O–H groups in total. The van der Waals surface area contributed by atoms with Gasteiger partial charge in [0.05, 0.1) is 0 Å². The van der Waals surface area contributed by atoms with Gasteiger partial charge in [0, 0.05) is 17.1 Å². The number of likely N-dealkylation sites (N-methyl/N-ethyl adjacent to an activating group) is 1. The fourth-order valence-corrected chi connectivity index (χ4v) is 3.22. The van der Waals surface area contributed by atoms with Crippen molar-refractivity contribution in [2.45, 2.75) is 38.3 Å². The first-order valence-electron chi connectivity index (χ1n) is 6.34. The molecule has 0 aromatic heterocycles. The van der Waals surface area contributed by atoms with Gasteiger partial charge < -0.3 is 0 Å². The number of benzene rings is 1. The zero-order valence-corrected chi connectivity index (χ0v) is 11.2. The summed E-state index contributed by atoms with van der Waals surface area (Å²) in [5.41, 5.74) is 4.05. The number of hydrogen-bond donors (Lipinski definition) is 0. The second kappa shape index (κ2) is 4.15. The van der Waals surface area contributed by atoms with Gasteiger partial charge in [-0.2, -0.15) is 0 Å². The first-order valence-corrected chi connectivity index (χ1v) is 6.72. The molecule has 1 saturated heterocycles. The quantitative estimate of drug-likeness (QED) is 0.728. The van der Waals surface area contributed by atoms with Gasteiger partial charge in [-0.05, 0) is 56.0 Å². The third kappa shape index (κ3) is 1.92. The zero-order chi connectivity index (χ0) is 12.0. The molecule has 1 aromatic carbocycles. The molecule has 2 aliphatic rings. The fourth-order valence-electron chi connectivity index (χ4n) is 3.10. The molecule has 2 unspecified atom stereocenters. The first kappa shape index (κ1) is 11.3. The maximum Gasteiger partial charge on any atom is 0.0435 e. The molecule has 1 nitrogen and oxygen atoms in total. The van der Waals surface area contributed by atoms with E-state index in [-0.39, 0.29) is 0 Å². The van der Waals surface area contributed by atoms with Crippen molar-refractivity contribution in [2.24, 2.45) is 0 Å². The Balaban J connectivity index is 1.95. The highest BCUT2D eigenvalue weighted by atomic mass is 35.5. The molecule has 0 amide bonds. The summed E-state index contributed by atoms with van der Waals surface area (Å²) < 4.78 is 0. The van der Waals surface area contributed by atoms with Crippen molar-refractivity contribution in [1.29, 1.82) is 0 Å². The third-order valence-electron chi connectivity index (χ3n) is 4.27. The lowest BCUT2D eigenvalue weighted by Gasteiger charge is -2.30. The minimum absolute atomic E-state index is 0.653. The van der Waals surface area contributed by atoms with E-state index in [2.05, 4.69) is 37.1 Å². The third-order valence-corrected chi connectivity index (χ3v) is 4.70. The maximum absolute atomic E-state index is 6.08. The van der Waals surface area contributed by atoms with E-state index < -0.39 is 0 Å². The van der Waals surface area contributed by atoms with Gasteiger partial charge in [0.25, 0.3) is 0 Å². The summed E-state index contributed by atoms with van der Waals surface area (Å²) in [5.74, 6) is 0. The largest absolute Gasteiger partial charge is 0.297 e. The second-order valence-corrected chi connectivity index (χ2v) is 5.73. The van der Waals surface area contributed by atoms with Gasteiger partial charge in [0.2, 0.25) is 0 Å². The number of hydrogen-bond acceptors (Lipinski definition) is 1. The van der Waals surface area contributed by atoms with E-state index in [0.29, 0.717) is 6.04 Å². The van der Waals surface area contributed by atoms with Crippen LogP contribution in [0.4, 0.5) is 0 Å². The second-order valence-electron chi connectivity index (χ2n) is 5.32. The Labute approximate surface area is 108 Å². The van der Waals surface area contributed by atoms with Crippen LogP contribution >= 0.6 is 11.6 Å². The molecule has 90 valence electrons. The van der Waals surface area contributed by atoms with Crippen LogP contribution in [-0.4, -0.2) is 24.0 Å². The predicted molar refractivity (Wildman–Crippen MR) is 73.4 cm³/mol.